The number of rotatable bonds is 4. The normalized spacial score (nSPS) is 9.25. The highest BCUT2D eigenvalue weighted by molar-refractivity contribution is 5.94. The SMILES string of the molecule is COC(=O)C([13CH2]C=[13CH2])C(=O)OC. The molecule has 0 unspecified atom stereocenters. The minimum Gasteiger partial charge on any atom is -0.468 e. The van der Waals surface area contributed by atoms with Crippen LogP contribution < -0.4 is 0 Å². The van der Waals surface area contributed by atoms with Crippen molar-refractivity contribution >= 4 is 11.9 Å². The average Bonchev–Trinajstić information content (AvgIpc) is 2.11. The second-order valence-corrected chi connectivity index (χ2v) is 2.12. The van der Waals surface area contributed by atoms with Crippen LogP contribution in [0, 0.1) is 5.92 Å². The van der Waals surface area contributed by atoms with Crippen LogP contribution in [0.15, 0.2) is 12.7 Å². The molecule has 0 N–H and O–H groups in total. The maximum Gasteiger partial charge on any atom is 0.320 e. The van der Waals surface area contributed by atoms with E-state index < -0.39 is 17.9 Å². The quantitative estimate of drug-likeness (QED) is 0.270. The Hall–Kier alpha value is -1.32. The molecule has 0 amide bonds. The van der Waals surface area contributed by atoms with Gasteiger partial charge in [0.25, 0.3) is 0 Å². The van der Waals surface area contributed by atoms with Gasteiger partial charge in [0.05, 0.1) is 14.2 Å². The Balaban J connectivity index is 4.31. The lowest BCUT2D eigenvalue weighted by molar-refractivity contribution is -0.158. The van der Waals surface area contributed by atoms with Gasteiger partial charge in [0.15, 0.2) is 5.92 Å². The molecule has 0 rings (SSSR count). The third-order valence-electron chi connectivity index (χ3n) is 1.37. The van der Waals surface area contributed by atoms with Crippen molar-refractivity contribution < 1.29 is 19.1 Å². The molecule has 0 atom stereocenters. The summed E-state index contributed by atoms with van der Waals surface area (Å²) >= 11 is 0. The number of carbonyl (C=O) groups is 2. The maximum atomic E-state index is 10.9. The summed E-state index contributed by atoms with van der Waals surface area (Å²) in [6.45, 7) is 3.42. The Morgan fingerprint density at radius 2 is 1.75 bits per heavy atom. The standard InChI is InChI=1S/C8H12O4/c1-4-5-6(7(9)11-2)8(10)12-3/h4,6H,1,5H2,2-3H3/i1+1,5+1. The summed E-state index contributed by atoms with van der Waals surface area (Å²) in [5.41, 5.74) is 0. The van der Waals surface area contributed by atoms with Gasteiger partial charge in [-0.2, -0.15) is 0 Å². The third kappa shape index (κ3) is 2.74. The van der Waals surface area contributed by atoms with Crippen LogP contribution in [0.25, 0.3) is 0 Å². The van der Waals surface area contributed by atoms with Crippen LogP contribution in [-0.2, 0) is 19.1 Å². The second kappa shape index (κ2) is 5.35. The molecule has 0 aliphatic carbocycles. The van der Waals surface area contributed by atoms with E-state index in [-0.39, 0.29) is 6.42 Å². The lowest BCUT2D eigenvalue weighted by atomic mass is 10.2. The molecule has 0 aromatic rings. The van der Waals surface area contributed by atoms with Crippen molar-refractivity contribution in [2.75, 3.05) is 14.2 Å². The van der Waals surface area contributed by atoms with E-state index in [0.29, 0.717) is 0 Å². The lowest BCUT2D eigenvalue weighted by Crippen LogP contribution is -2.25. The minimum absolute atomic E-state index is 0.235. The largest absolute Gasteiger partial charge is 0.468 e. The molecule has 0 aromatic carbocycles. The molecule has 0 aliphatic rings. The van der Waals surface area contributed by atoms with Crippen LogP contribution >= 0.6 is 0 Å². The molecule has 0 radical (unpaired) electrons. The fourth-order valence-electron chi connectivity index (χ4n) is 0.740. The highest BCUT2D eigenvalue weighted by Gasteiger charge is 2.26. The van der Waals surface area contributed by atoms with Gasteiger partial charge in [0, 0.05) is 0 Å². The van der Waals surface area contributed by atoms with Crippen LogP contribution in [0.2, 0.25) is 0 Å². The predicted octanol–water partition coefficient (Wildman–Crippen LogP) is 0.525. The van der Waals surface area contributed by atoms with Gasteiger partial charge in [-0.15, -0.1) is 6.58 Å². The van der Waals surface area contributed by atoms with Crippen LogP contribution in [0.3, 0.4) is 0 Å². The first kappa shape index (κ1) is 10.7. The molecule has 4 nitrogen and oxygen atoms in total. The van der Waals surface area contributed by atoms with Crippen molar-refractivity contribution in [3.63, 3.8) is 0 Å². The van der Waals surface area contributed by atoms with E-state index in [1.54, 1.807) is 0 Å². The van der Waals surface area contributed by atoms with E-state index in [4.69, 9.17) is 0 Å². The molecule has 0 bridgehead atoms. The number of methoxy groups -OCH3 is 2. The first-order chi connectivity index (χ1) is 5.67. The van der Waals surface area contributed by atoms with Crippen LogP contribution in [0.5, 0.6) is 0 Å². The molecule has 0 aliphatic heterocycles. The number of allylic oxidation sites excluding steroid dienone is 1. The lowest BCUT2D eigenvalue weighted by Gasteiger charge is -2.08. The van der Waals surface area contributed by atoms with Gasteiger partial charge in [-0.3, -0.25) is 9.59 Å². The van der Waals surface area contributed by atoms with Gasteiger partial charge >= 0.3 is 11.9 Å². The molecular formula is C8H12O4. The summed E-state index contributed by atoms with van der Waals surface area (Å²) < 4.78 is 8.80. The van der Waals surface area contributed by atoms with Crippen molar-refractivity contribution in [1.29, 1.82) is 0 Å². The number of hydrogen-bond donors (Lipinski definition) is 0. The van der Waals surface area contributed by atoms with E-state index in [2.05, 4.69) is 16.1 Å². The van der Waals surface area contributed by atoms with E-state index in [1.165, 1.54) is 20.3 Å². The number of carbonyl (C=O) groups excluding carboxylic acids is 2. The molecule has 0 fully saturated rings. The molecule has 68 valence electrons. The summed E-state index contributed by atoms with van der Waals surface area (Å²) in [6.07, 6.45) is 1.71. The van der Waals surface area contributed by atoms with Crippen molar-refractivity contribution in [3.8, 4) is 0 Å². The zero-order valence-corrected chi connectivity index (χ0v) is 7.20. The van der Waals surface area contributed by atoms with Crippen LogP contribution in [0.4, 0.5) is 0 Å². The Bertz CT molecular complexity index is 169. The first-order valence-electron chi connectivity index (χ1n) is 3.44. The zero-order chi connectivity index (χ0) is 9.56. The van der Waals surface area contributed by atoms with E-state index in [0.717, 1.165) is 0 Å². The monoisotopic (exact) mass is 174 g/mol. The Labute approximate surface area is 71.2 Å². The number of ether oxygens (including phenoxy) is 2. The average molecular weight is 174 g/mol. The molecule has 12 heavy (non-hydrogen) atoms. The number of esters is 2. The van der Waals surface area contributed by atoms with Crippen molar-refractivity contribution in [2.24, 2.45) is 5.92 Å². The van der Waals surface area contributed by atoms with Crippen LogP contribution in [-0.4, -0.2) is 26.2 Å². The van der Waals surface area contributed by atoms with Gasteiger partial charge in [0.2, 0.25) is 0 Å². The van der Waals surface area contributed by atoms with Gasteiger partial charge in [-0.25, -0.2) is 0 Å². The van der Waals surface area contributed by atoms with Gasteiger partial charge in [-0.05, 0) is 6.42 Å². The van der Waals surface area contributed by atoms with Crippen molar-refractivity contribution in [3.05, 3.63) is 12.7 Å². The minimum atomic E-state index is -0.877. The van der Waals surface area contributed by atoms with E-state index >= 15 is 0 Å². The highest BCUT2D eigenvalue weighted by Crippen LogP contribution is 2.07. The van der Waals surface area contributed by atoms with E-state index in [9.17, 15) is 9.59 Å². The third-order valence-corrected chi connectivity index (χ3v) is 1.37. The van der Waals surface area contributed by atoms with Crippen LogP contribution in [0.1, 0.15) is 6.42 Å². The van der Waals surface area contributed by atoms with Crippen molar-refractivity contribution in [2.45, 2.75) is 6.42 Å². The molecule has 0 heterocycles. The zero-order valence-electron chi connectivity index (χ0n) is 7.20. The Morgan fingerprint density at radius 3 is 2.00 bits per heavy atom. The first-order valence-corrected chi connectivity index (χ1v) is 3.44. The molecular weight excluding hydrogens is 162 g/mol. The summed E-state index contributed by atoms with van der Waals surface area (Å²) in [5.74, 6) is -2.07. The maximum absolute atomic E-state index is 10.9. The topological polar surface area (TPSA) is 52.6 Å². The summed E-state index contributed by atoms with van der Waals surface area (Å²) in [4.78, 5) is 21.9. The molecule has 0 saturated carbocycles. The smallest absolute Gasteiger partial charge is 0.320 e. The molecule has 0 saturated heterocycles. The summed E-state index contributed by atoms with van der Waals surface area (Å²) in [5, 5.41) is 0. The summed E-state index contributed by atoms with van der Waals surface area (Å²) in [7, 11) is 2.45. The van der Waals surface area contributed by atoms with Crippen molar-refractivity contribution in [1.82, 2.24) is 0 Å². The predicted molar refractivity (Wildman–Crippen MR) is 42.3 cm³/mol. The molecule has 0 aromatic heterocycles. The van der Waals surface area contributed by atoms with E-state index in [1.807, 2.05) is 0 Å². The second-order valence-electron chi connectivity index (χ2n) is 2.12. The summed E-state index contributed by atoms with van der Waals surface area (Å²) in [6, 6.07) is 0. The Kier molecular flexibility index (Phi) is 4.76. The number of hydrogen-bond acceptors (Lipinski definition) is 4. The van der Waals surface area contributed by atoms with Gasteiger partial charge in [-0.1, -0.05) is 6.08 Å². The molecule has 4 heteroatoms. The van der Waals surface area contributed by atoms with Gasteiger partial charge in [0.1, 0.15) is 0 Å². The van der Waals surface area contributed by atoms with Gasteiger partial charge < -0.3 is 9.47 Å². The fourth-order valence-corrected chi connectivity index (χ4v) is 0.740. The Morgan fingerprint density at radius 1 is 1.33 bits per heavy atom. The fraction of sp³-hybridized carbons (Fsp3) is 0.500. The highest BCUT2D eigenvalue weighted by atomic mass is 16.5. The molecule has 0 spiro atoms.